The zero-order valence-electron chi connectivity index (χ0n) is 22.8. The van der Waals surface area contributed by atoms with Gasteiger partial charge in [-0.15, -0.1) is 15.0 Å². The van der Waals surface area contributed by atoms with Gasteiger partial charge in [0.25, 0.3) is 0 Å². The molecule has 2 amide bonds. The molecule has 4 aromatic rings. The zero-order chi connectivity index (χ0) is 28.4. The van der Waals surface area contributed by atoms with E-state index in [1.54, 1.807) is 24.3 Å². The van der Waals surface area contributed by atoms with Crippen molar-refractivity contribution < 1.29 is 14.7 Å². The first-order chi connectivity index (χ1) is 19.1. The molecule has 2 heterocycles. The lowest BCUT2D eigenvalue weighted by Gasteiger charge is -2.23. The predicted molar refractivity (Wildman–Crippen MR) is 156 cm³/mol. The number of aromatic nitrogens is 3. The van der Waals surface area contributed by atoms with Crippen molar-refractivity contribution in [3.63, 3.8) is 0 Å². The SMILES string of the molecule is CC(C)(C)c1ccc2nn(-c3cc(-c4ccc(Cl)cc4)cc(CNC(=O)C(=O)NC4CCNCC4)c3O)nc2c1. The van der Waals surface area contributed by atoms with Crippen LogP contribution in [0.4, 0.5) is 0 Å². The summed E-state index contributed by atoms with van der Waals surface area (Å²) >= 11 is 6.10. The van der Waals surface area contributed by atoms with Crippen molar-refractivity contribution in [3.05, 3.63) is 70.7 Å². The number of hydrogen-bond donors (Lipinski definition) is 4. The Morgan fingerprint density at radius 1 is 0.975 bits per heavy atom. The number of phenols is 1. The molecule has 10 heteroatoms. The van der Waals surface area contributed by atoms with E-state index in [1.165, 1.54) is 4.80 Å². The van der Waals surface area contributed by atoms with Crippen LogP contribution < -0.4 is 16.0 Å². The molecule has 4 N–H and O–H groups in total. The third kappa shape index (κ3) is 6.11. The number of amides is 2. The first kappa shape index (κ1) is 27.6. The monoisotopic (exact) mass is 560 g/mol. The summed E-state index contributed by atoms with van der Waals surface area (Å²) in [5.41, 5.74) is 4.85. The van der Waals surface area contributed by atoms with Gasteiger partial charge in [0.05, 0.1) is 0 Å². The number of phenolic OH excluding ortho intramolecular Hbond substituents is 1. The molecule has 0 saturated carbocycles. The van der Waals surface area contributed by atoms with Gasteiger partial charge >= 0.3 is 11.8 Å². The number of benzene rings is 3. The molecular weight excluding hydrogens is 528 g/mol. The van der Waals surface area contributed by atoms with E-state index < -0.39 is 11.8 Å². The Hall–Kier alpha value is -3.95. The molecule has 9 nitrogen and oxygen atoms in total. The van der Waals surface area contributed by atoms with Gasteiger partial charge in [-0.3, -0.25) is 9.59 Å². The summed E-state index contributed by atoms with van der Waals surface area (Å²) in [7, 11) is 0. The summed E-state index contributed by atoms with van der Waals surface area (Å²) in [6.07, 6.45) is 1.55. The van der Waals surface area contributed by atoms with E-state index in [0.717, 1.165) is 42.6 Å². The van der Waals surface area contributed by atoms with Crippen molar-refractivity contribution in [1.82, 2.24) is 30.9 Å². The molecule has 0 spiro atoms. The van der Waals surface area contributed by atoms with Crippen molar-refractivity contribution in [2.75, 3.05) is 13.1 Å². The molecule has 1 fully saturated rings. The highest BCUT2D eigenvalue weighted by Gasteiger charge is 2.22. The molecule has 0 radical (unpaired) electrons. The molecule has 40 heavy (non-hydrogen) atoms. The quantitative estimate of drug-likeness (QED) is 0.271. The minimum absolute atomic E-state index is 0.0356. The van der Waals surface area contributed by atoms with Gasteiger partial charge in [0.1, 0.15) is 22.5 Å². The van der Waals surface area contributed by atoms with Crippen molar-refractivity contribution in [2.24, 2.45) is 0 Å². The fourth-order valence-corrected chi connectivity index (χ4v) is 4.86. The van der Waals surface area contributed by atoms with Gasteiger partial charge in [0.2, 0.25) is 0 Å². The number of piperidine rings is 1. The minimum atomic E-state index is -0.756. The smallest absolute Gasteiger partial charge is 0.309 e. The Balaban J connectivity index is 1.47. The number of carbonyl (C=O) groups is 2. The van der Waals surface area contributed by atoms with Crippen LogP contribution in [0.2, 0.25) is 5.02 Å². The van der Waals surface area contributed by atoms with E-state index in [0.29, 0.717) is 27.3 Å². The van der Waals surface area contributed by atoms with Gasteiger partial charge in [-0.2, -0.15) is 0 Å². The van der Waals surface area contributed by atoms with Crippen LogP contribution in [0.5, 0.6) is 5.75 Å². The van der Waals surface area contributed by atoms with Crippen molar-refractivity contribution in [3.8, 4) is 22.6 Å². The molecule has 1 aliphatic heterocycles. The summed E-state index contributed by atoms with van der Waals surface area (Å²) in [5, 5.41) is 29.8. The standard InChI is InChI=1S/C30H33ClN6O3/c1-30(2,3)21-6-9-24-25(16-21)36-37(35-24)26-15-19(18-4-7-22(31)8-5-18)14-20(27(26)38)17-33-28(39)29(40)34-23-10-12-32-13-11-23/h4-9,14-16,23,32,38H,10-13,17H2,1-3H3,(H,33,39)(H,34,40). The number of aromatic hydroxyl groups is 1. The maximum absolute atomic E-state index is 12.6. The van der Waals surface area contributed by atoms with Crippen LogP contribution in [0.3, 0.4) is 0 Å². The molecular formula is C30H33ClN6O3. The van der Waals surface area contributed by atoms with Crippen LogP contribution in [-0.4, -0.2) is 51.0 Å². The number of fused-ring (bicyclic) bond motifs is 1. The summed E-state index contributed by atoms with van der Waals surface area (Å²) in [6.45, 7) is 7.94. The number of nitrogens with zero attached hydrogens (tertiary/aromatic N) is 3. The van der Waals surface area contributed by atoms with Crippen molar-refractivity contribution in [2.45, 2.75) is 51.6 Å². The van der Waals surface area contributed by atoms with E-state index >= 15 is 0 Å². The second-order valence-corrected chi connectivity index (χ2v) is 11.6. The average molecular weight is 561 g/mol. The Morgan fingerprint density at radius 2 is 1.68 bits per heavy atom. The van der Waals surface area contributed by atoms with Crippen LogP contribution in [0.15, 0.2) is 54.6 Å². The second kappa shape index (κ2) is 11.3. The molecule has 5 rings (SSSR count). The van der Waals surface area contributed by atoms with Crippen LogP contribution in [0, 0.1) is 0 Å². The molecule has 0 unspecified atom stereocenters. The lowest BCUT2D eigenvalue weighted by Crippen LogP contribution is -2.48. The van der Waals surface area contributed by atoms with Crippen LogP contribution in [-0.2, 0) is 21.5 Å². The Bertz CT molecular complexity index is 1550. The van der Waals surface area contributed by atoms with Crippen LogP contribution >= 0.6 is 11.6 Å². The zero-order valence-corrected chi connectivity index (χ0v) is 23.5. The van der Waals surface area contributed by atoms with Gasteiger partial charge in [-0.05, 0) is 84.4 Å². The normalized spacial score (nSPS) is 14.3. The molecule has 1 aromatic heterocycles. The maximum Gasteiger partial charge on any atom is 0.309 e. The summed E-state index contributed by atoms with van der Waals surface area (Å²) in [6, 6.07) is 16.8. The van der Waals surface area contributed by atoms with E-state index in [-0.39, 0.29) is 23.8 Å². The molecule has 3 aromatic carbocycles. The van der Waals surface area contributed by atoms with Crippen molar-refractivity contribution in [1.29, 1.82) is 0 Å². The fraction of sp³-hybridized carbons (Fsp3) is 0.333. The first-order valence-corrected chi connectivity index (χ1v) is 13.8. The Labute approximate surface area is 237 Å². The molecule has 1 aliphatic rings. The van der Waals surface area contributed by atoms with Crippen molar-refractivity contribution >= 4 is 34.4 Å². The fourth-order valence-electron chi connectivity index (χ4n) is 4.74. The van der Waals surface area contributed by atoms with Gasteiger partial charge in [0.15, 0.2) is 0 Å². The van der Waals surface area contributed by atoms with E-state index in [2.05, 4.69) is 46.9 Å². The highest BCUT2D eigenvalue weighted by Crippen LogP contribution is 2.34. The number of nitrogens with one attached hydrogen (secondary N) is 3. The lowest BCUT2D eigenvalue weighted by atomic mass is 9.87. The van der Waals surface area contributed by atoms with Gasteiger partial charge in [-0.1, -0.05) is 50.6 Å². The van der Waals surface area contributed by atoms with Gasteiger partial charge < -0.3 is 21.1 Å². The Kier molecular flexibility index (Phi) is 7.78. The first-order valence-electron chi connectivity index (χ1n) is 13.4. The highest BCUT2D eigenvalue weighted by molar-refractivity contribution is 6.35. The molecule has 1 saturated heterocycles. The molecule has 0 bridgehead atoms. The summed E-state index contributed by atoms with van der Waals surface area (Å²) in [4.78, 5) is 26.5. The van der Waals surface area contributed by atoms with Crippen LogP contribution in [0.1, 0.15) is 44.7 Å². The lowest BCUT2D eigenvalue weighted by molar-refractivity contribution is -0.139. The average Bonchev–Trinajstić information content (AvgIpc) is 3.36. The van der Waals surface area contributed by atoms with Crippen LogP contribution in [0.25, 0.3) is 27.8 Å². The third-order valence-electron chi connectivity index (χ3n) is 7.13. The molecule has 0 aliphatic carbocycles. The second-order valence-electron chi connectivity index (χ2n) is 11.1. The molecule has 0 atom stereocenters. The van der Waals surface area contributed by atoms with Gasteiger partial charge in [0, 0.05) is 23.2 Å². The topological polar surface area (TPSA) is 121 Å². The maximum atomic E-state index is 12.6. The van der Waals surface area contributed by atoms with E-state index in [1.807, 2.05) is 30.3 Å². The highest BCUT2D eigenvalue weighted by atomic mass is 35.5. The number of hydrogen-bond acceptors (Lipinski definition) is 6. The van der Waals surface area contributed by atoms with E-state index in [4.69, 9.17) is 11.6 Å². The van der Waals surface area contributed by atoms with Gasteiger partial charge in [-0.25, -0.2) is 0 Å². The summed E-state index contributed by atoms with van der Waals surface area (Å²) in [5.74, 6) is -1.53. The number of halogens is 1. The predicted octanol–water partition coefficient (Wildman–Crippen LogP) is 4.23. The third-order valence-corrected chi connectivity index (χ3v) is 7.38. The van der Waals surface area contributed by atoms with E-state index in [9.17, 15) is 14.7 Å². The number of rotatable bonds is 5. The minimum Gasteiger partial charge on any atom is -0.505 e. The Morgan fingerprint density at radius 3 is 2.38 bits per heavy atom. The molecule has 208 valence electrons. The largest absolute Gasteiger partial charge is 0.505 e. The number of carbonyl (C=O) groups excluding carboxylic acids is 2. The summed E-state index contributed by atoms with van der Waals surface area (Å²) < 4.78 is 0.